The molecule has 2 N–H and O–H groups in total. The summed E-state index contributed by atoms with van der Waals surface area (Å²) in [6.45, 7) is 6.05. The number of hydrogen-bond acceptors (Lipinski definition) is 5. The maximum absolute atomic E-state index is 12.3. The van der Waals surface area contributed by atoms with E-state index in [9.17, 15) is 9.59 Å². The van der Waals surface area contributed by atoms with Crippen LogP contribution in [0.15, 0.2) is 6.07 Å². The zero-order valence-corrected chi connectivity index (χ0v) is 15.7. The lowest BCUT2D eigenvalue weighted by molar-refractivity contribution is 0.0850. The van der Waals surface area contributed by atoms with Gasteiger partial charge in [0.2, 0.25) is 0 Å². The Morgan fingerprint density at radius 3 is 2.75 bits per heavy atom. The second-order valence-electron chi connectivity index (χ2n) is 6.19. The first-order valence-electron chi connectivity index (χ1n) is 8.16. The Morgan fingerprint density at radius 2 is 2.04 bits per heavy atom. The third-order valence-corrected chi connectivity index (χ3v) is 6.73. The van der Waals surface area contributed by atoms with Gasteiger partial charge >= 0.3 is 0 Å². The molecule has 1 aliphatic rings. The van der Waals surface area contributed by atoms with Gasteiger partial charge in [0.15, 0.2) is 0 Å². The number of aromatic nitrogens is 1. The Balaban J connectivity index is 1.63. The van der Waals surface area contributed by atoms with Gasteiger partial charge in [-0.3, -0.25) is 20.4 Å². The second-order valence-corrected chi connectivity index (χ2v) is 8.41. The molecule has 1 unspecified atom stereocenters. The van der Waals surface area contributed by atoms with E-state index in [0.29, 0.717) is 21.4 Å². The maximum atomic E-state index is 12.3. The normalized spacial score (nSPS) is 16.5. The number of carbonyl (C=O) groups is 2. The van der Waals surface area contributed by atoms with Gasteiger partial charge in [-0.15, -0.1) is 22.7 Å². The van der Waals surface area contributed by atoms with Crippen molar-refractivity contribution in [3.05, 3.63) is 37.0 Å². The third kappa shape index (κ3) is 3.52. The van der Waals surface area contributed by atoms with Crippen LogP contribution >= 0.6 is 22.7 Å². The Kier molecular flexibility index (Phi) is 5.01. The maximum Gasteiger partial charge on any atom is 0.281 e. The molecule has 0 spiro atoms. The molecular formula is C17H21N3O2S2. The van der Waals surface area contributed by atoms with Crippen LogP contribution in [0.3, 0.4) is 0 Å². The van der Waals surface area contributed by atoms with Crippen LogP contribution in [-0.4, -0.2) is 16.8 Å². The van der Waals surface area contributed by atoms with Crippen LogP contribution in [0.5, 0.6) is 0 Å². The average Bonchev–Trinajstić information content (AvgIpc) is 3.15. The summed E-state index contributed by atoms with van der Waals surface area (Å²) in [5.41, 5.74) is 7.00. The molecule has 0 fully saturated rings. The van der Waals surface area contributed by atoms with Gasteiger partial charge in [-0.2, -0.15) is 0 Å². The van der Waals surface area contributed by atoms with E-state index in [-0.39, 0.29) is 11.8 Å². The van der Waals surface area contributed by atoms with Gasteiger partial charge in [0, 0.05) is 4.88 Å². The molecule has 2 amide bonds. The van der Waals surface area contributed by atoms with Crippen molar-refractivity contribution in [3.8, 4) is 0 Å². The molecule has 24 heavy (non-hydrogen) atoms. The molecule has 1 aliphatic carbocycles. The lowest BCUT2D eigenvalue weighted by Gasteiger charge is -2.16. The van der Waals surface area contributed by atoms with E-state index in [2.05, 4.69) is 22.8 Å². The number of rotatable bonds is 3. The summed E-state index contributed by atoms with van der Waals surface area (Å²) in [6.07, 6.45) is 4.05. The van der Waals surface area contributed by atoms with E-state index in [1.807, 2.05) is 13.0 Å². The molecule has 2 aromatic heterocycles. The molecule has 128 valence electrons. The highest BCUT2D eigenvalue weighted by atomic mass is 32.1. The number of nitrogens with one attached hydrogen (secondary N) is 2. The van der Waals surface area contributed by atoms with Crippen molar-refractivity contribution < 1.29 is 9.59 Å². The van der Waals surface area contributed by atoms with Crippen molar-refractivity contribution in [2.24, 2.45) is 5.92 Å². The quantitative estimate of drug-likeness (QED) is 0.822. The van der Waals surface area contributed by atoms with Gasteiger partial charge in [0.25, 0.3) is 11.8 Å². The summed E-state index contributed by atoms with van der Waals surface area (Å²) < 4.78 is 0. The van der Waals surface area contributed by atoms with Crippen LogP contribution in [0.4, 0.5) is 0 Å². The number of hydrazine groups is 1. The molecule has 7 heteroatoms. The predicted octanol–water partition coefficient (Wildman–Crippen LogP) is 3.28. The molecule has 2 heterocycles. The number of fused-ring (bicyclic) bond motifs is 1. The minimum Gasteiger partial charge on any atom is -0.266 e. The first-order valence-corrected chi connectivity index (χ1v) is 9.79. The first-order chi connectivity index (χ1) is 11.5. The number of aryl methyl sites for hydroxylation is 3. The fourth-order valence-electron chi connectivity index (χ4n) is 2.86. The smallest absolute Gasteiger partial charge is 0.266 e. The number of thiazole rings is 1. The van der Waals surface area contributed by atoms with Crippen molar-refractivity contribution in [3.63, 3.8) is 0 Å². The van der Waals surface area contributed by atoms with Crippen molar-refractivity contribution >= 4 is 34.5 Å². The fraction of sp³-hybridized carbons (Fsp3) is 0.471. The average molecular weight is 364 g/mol. The Bertz CT molecular complexity index is 779. The second kappa shape index (κ2) is 7.03. The summed E-state index contributed by atoms with van der Waals surface area (Å²) in [7, 11) is 0. The lowest BCUT2D eigenvalue weighted by atomic mass is 9.90. The molecule has 5 nitrogen and oxygen atoms in total. The van der Waals surface area contributed by atoms with E-state index in [0.717, 1.165) is 24.3 Å². The molecule has 0 aliphatic heterocycles. The van der Waals surface area contributed by atoms with E-state index in [1.165, 1.54) is 39.5 Å². The predicted molar refractivity (Wildman–Crippen MR) is 96.7 cm³/mol. The van der Waals surface area contributed by atoms with Gasteiger partial charge < -0.3 is 0 Å². The SMILES string of the molecule is CCc1nc(C)c(C(=O)NNC(=O)c2cc3c(s2)CCC(C)C3)s1. The molecular weight excluding hydrogens is 342 g/mol. The van der Waals surface area contributed by atoms with E-state index in [4.69, 9.17) is 0 Å². The Labute approximate surface area is 149 Å². The number of hydrogen-bond donors (Lipinski definition) is 2. The zero-order chi connectivity index (χ0) is 17.3. The highest BCUT2D eigenvalue weighted by molar-refractivity contribution is 7.14. The van der Waals surface area contributed by atoms with Crippen LogP contribution in [0.2, 0.25) is 0 Å². The standard InChI is InChI=1S/C17H21N3O2S2/c1-4-14-18-10(3)15(24-14)17(22)20-19-16(21)13-8-11-7-9(2)5-6-12(11)23-13/h8-9H,4-7H2,1-3H3,(H,19,21)(H,20,22). The molecule has 0 saturated carbocycles. The molecule has 0 bridgehead atoms. The highest BCUT2D eigenvalue weighted by Crippen LogP contribution is 2.32. The fourth-order valence-corrected chi connectivity index (χ4v) is 4.87. The van der Waals surface area contributed by atoms with Gasteiger partial charge in [0.1, 0.15) is 4.88 Å². The summed E-state index contributed by atoms with van der Waals surface area (Å²) in [5, 5.41) is 0.920. The highest BCUT2D eigenvalue weighted by Gasteiger charge is 2.21. The molecule has 2 aromatic rings. The Hall–Kier alpha value is -1.73. The van der Waals surface area contributed by atoms with Crippen LogP contribution in [0, 0.1) is 12.8 Å². The molecule has 3 rings (SSSR count). The molecule has 1 atom stereocenters. The molecule has 0 aromatic carbocycles. The summed E-state index contributed by atoms with van der Waals surface area (Å²) in [6, 6.07) is 1.96. The zero-order valence-electron chi connectivity index (χ0n) is 14.1. The molecule has 0 saturated heterocycles. The number of nitrogens with zero attached hydrogens (tertiary/aromatic N) is 1. The lowest BCUT2D eigenvalue weighted by Crippen LogP contribution is -2.41. The van der Waals surface area contributed by atoms with Crippen molar-refractivity contribution in [2.75, 3.05) is 0 Å². The topological polar surface area (TPSA) is 71.1 Å². The largest absolute Gasteiger partial charge is 0.281 e. The molecule has 0 radical (unpaired) electrons. The van der Waals surface area contributed by atoms with Gasteiger partial charge in [-0.05, 0) is 50.2 Å². The van der Waals surface area contributed by atoms with Crippen molar-refractivity contribution in [1.29, 1.82) is 0 Å². The Morgan fingerprint density at radius 1 is 1.29 bits per heavy atom. The van der Waals surface area contributed by atoms with Gasteiger partial charge in [-0.1, -0.05) is 13.8 Å². The number of carbonyl (C=O) groups excluding carboxylic acids is 2. The van der Waals surface area contributed by atoms with Crippen LogP contribution in [0.25, 0.3) is 0 Å². The summed E-state index contributed by atoms with van der Waals surface area (Å²) in [4.78, 5) is 31.4. The monoisotopic (exact) mass is 363 g/mol. The van der Waals surface area contributed by atoms with Crippen molar-refractivity contribution in [1.82, 2.24) is 15.8 Å². The van der Waals surface area contributed by atoms with Crippen LogP contribution in [0.1, 0.15) is 60.8 Å². The van der Waals surface area contributed by atoms with Crippen molar-refractivity contribution in [2.45, 2.75) is 46.5 Å². The number of thiophene rings is 1. The van der Waals surface area contributed by atoms with E-state index >= 15 is 0 Å². The van der Waals surface area contributed by atoms with E-state index < -0.39 is 0 Å². The van der Waals surface area contributed by atoms with E-state index in [1.54, 1.807) is 6.92 Å². The van der Waals surface area contributed by atoms with Crippen LogP contribution in [-0.2, 0) is 19.3 Å². The first kappa shape index (κ1) is 17.1. The minimum absolute atomic E-state index is 0.256. The van der Waals surface area contributed by atoms with Gasteiger partial charge in [-0.25, -0.2) is 4.98 Å². The number of amides is 2. The van der Waals surface area contributed by atoms with Crippen LogP contribution < -0.4 is 10.9 Å². The third-order valence-electron chi connectivity index (χ3n) is 4.19. The summed E-state index contributed by atoms with van der Waals surface area (Å²) >= 11 is 2.90. The van der Waals surface area contributed by atoms with Gasteiger partial charge in [0.05, 0.1) is 15.6 Å². The summed E-state index contributed by atoms with van der Waals surface area (Å²) in [5.74, 6) is 0.103. The minimum atomic E-state index is -0.312.